The molecule has 0 aromatic carbocycles. The summed E-state index contributed by atoms with van der Waals surface area (Å²) in [6.45, 7) is 0. The van der Waals surface area contributed by atoms with E-state index in [1.807, 2.05) is 0 Å². The molecule has 0 saturated heterocycles. The Morgan fingerprint density at radius 2 is 1.80 bits per heavy atom. The second-order valence-electron chi connectivity index (χ2n) is 0.447. The summed E-state index contributed by atoms with van der Waals surface area (Å²) in [4.78, 5) is 9.29. The van der Waals surface area contributed by atoms with Crippen molar-refractivity contribution >= 4 is 30.3 Å². The molecule has 0 spiro atoms. The summed E-state index contributed by atoms with van der Waals surface area (Å²) in [7, 11) is 0. The summed E-state index contributed by atoms with van der Waals surface area (Å²) in [5, 5.41) is 0. The van der Waals surface area contributed by atoms with E-state index in [0.717, 1.165) is 0 Å². The number of rotatable bonds is 0. The van der Waals surface area contributed by atoms with Crippen molar-refractivity contribution in [3.05, 3.63) is 0 Å². The molecule has 0 aromatic rings. The van der Waals surface area contributed by atoms with Gasteiger partial charge in [0.1, 0.15) is 0 Å². The Morgan fingerprint density at radius 1 is 1.80 bits per heavy atom. The number of hydrogen-bond donors (Lipinski definition) is 0. The third-order valence-corrected chi connectivity index (χ3v) is 0. The summed E-state index contributed by atoms with van der Waals surface area (Å²) in [6.07, 6.45) is 0. The minimum absolute atomic E-state index is 0. The lowest BCUT2D eigenvalue weighted by molar-refractivity contribution is -0.160. The third-order valence-electron chi connectivity index (χ3n) is 0. The highest BCUT2D eigenvalue weighted by atomic mass is 33.1. The topological polar surface area (TPSA) is 40.1 Å². The molecule has 5 heteroatoms. The second kappa shape index (κ2) is 1.56. The molecule has 0 N–H and O–H groups in total. The van der Waals surface area contributed by atoms with Gasteiger partial charge in [0, 0.05) is 0 Å². The predicted molar refractivity (Wildman–Crippen MR) is 25.7 cm³/mol. The molecule has 0 aromatic heterocycles. The molecule has 0 atom stereocenters. The maximum Gasteiger partial charge on any atom is 1.00 e. The molecule has 0 saturated carbocycles. The van der Waals surface area contributed by atoms with Crippen molar-refractivity contribution in [1.82, 2.24) is 0 Å². The van der Waals surface area contributed by atoms with Gasteiger partial charge in [0.2, 0.25) is 0 Å². The number of hydrogen-bond acceptors (Lipinski definition) is 4. The van der Waals surface area contributed by atoms with Crippen LogP contribution in [0.1, 0.15) is 4.28 Å². The first-order chi connectivity index (χ1) is 2.00. The largest absolute Gasteiger partial charge is 1.00 e. The van der Waals surface area contributed by atoms with E-state index in [4.69, 9.17) is 0 Å². The highest BCUT2D eigenvalue weighted by Gasteiger charge is 1.40. The van der Waals surface area contributed by atoms with Gasteiger partial charge in [-0.15, -0.1) is 0 Å². The zero-order valence-corrected chi connectivity index (χ0v) is 4.61. The monoisotopic (exact) mass is 130 g/mol. The Kier molecular flexibility index (Phi) is 1.84. The smallest absolute Gasteiger partial charge is 0.835 e. The average Bonchev–Trinajstić information content (AvgIpc) is 0.722. The minimum Gasteiger partial charge on any atom is -0.835 e. The first kappa shape index (κ1) is 5.89. The van der Waals surface area contributed by atoms with Gasteiger partial charge in [0.25, 0.3) is 0 Å². The van der Waals surface area contributed by atoms with Crippen LogP contribution < -0.4 is 4.89 Å². The lowest BCUT2D eigenvalue weighted by atomic mass is 15.9. The summed E-state index contributed by atoms with van der Waals surface area (Å²) < 4.78 is 9.29. The van der Waals surface area contributed by atoms with E-state index in [1.54, 1.807) is 0 Å². The normalized spacial score (nSPS) is 11.8. The molecule has 0 rings (SSSR count). The van der Waals surface area contributed by atoms with Gasteiger partial charge in [-0.1, -0.05) is 0 Å². The van der Waals surface area contributed by atoms with Crippen LogP contribution >= 0.6 is 5.77 Å². The molecule has 2 nitrogen and oxygen atoms in total. The van der Waals surface area contributed by atoms with E-state index >= 15 is 0 Å². The van der Waals surface area contributed by atoms with Crippen LogP contribution in [0, 0.1) is 0 Å². The van der Waals surface area contributed by atoms with Crippen molar-refractivity contribution in [2.24, 2.45) is 0 Å². The van der Waals surface area contributed by atoms with Crippen molar-refractivity contribution in [2.75, 3.05) is 0 Å². The van der Waals surface area contributed by atoms with Gasteiger partial charge in [0.15, 0.2) is 0 Å². The molecule has 32 valence electrons. The van der Waals surface area contributed by atoms with Crippen molar-refractivity contribution in [2.45, 2.75) is 0 Å². The highest BCUT2D eigenvalue weighted by Crippen LogP contribution is 2.25. The van der Waals surface area contributed by atoms with Gasteiger partial charge >= 0.3 is 4.28 Å². The summed E-state index contributed by atoms with van der Waals surface area (Å²) in [5.41, 5.74) is 0. The van der Waals surface area contributed by atoms with Crippen molar-refractivity contribution in [1.29, 1.82) is 0 Å². The van der Waals surface area contributed by atoms with Crippen LogP contribution in [0.4, 0.5) is 0 Å². The van der Waals surface area contributed by atoms with Crippen LogP contribution in [0.15, 0.2) is 0 Å². The van der Waals surface area contributed by atoms with Crippen molar-refractivity contribution < 1.29 is 13.7 Å². The Morgan fingerprint density at radius 3 is 1.80 bits per heavy atom. The second-order valence-corrected chi connectivity index (χ2v) is 4.92. The van der Waals surface area contributed by atoms with Crippen LogP contribution in [0.2, 0.25) is 0 Å². The van der Waals surface area contributed by atoms with E-state index in [2.05, 4.69) is 24.5 Å². The van der Waals surface area contributed by atoms with Crippen LogP contribution in [-0.2, 0) is 29.1 Å². The molecule has 0 amide bonds. The first-order valence-corrected chi connectivity index (χ1v) is 4.38. The minimum atomic E-state index is -3.72. The van der Waals surface area contributed by atoms with Crippen LogP contribution in [-0.4, -0.2) is 0 Å². The molecule has 0 heterocycles. The zero-order chi connectivity index (χ0) is 4.50. The predicted octanol–water partition coefficient (Wildman–Crippen LogP) is -0.114. The maximum absolute atomic E-state index is 9.29. The molecule has 0 fully saturated rings. The molecule has 0 radical (unpaired) electrons. The molecular weight excluding hydrogens is 127 g/mol. The van der Waals surface area contributed by atoms with Crippen molar-refractivity contribution in [3.8, 4) is 0 Å². The summed E-state index contributed by atoms with van der Waals surface area (Å²) >= 11 is 7.28. The summed E-state index contributed by atoms with van der Waals surface area (Å²) in [6, 6.07) is 0. The lowest BCUT2D eigenvalue weighted by Crippen LogP contribution is -1.89. The average molecular weight is 130 g/mol. The van der Waals surface area contributed by atoms with Crippen molar-refractivity contribution in [3.63, 3.8) is 0 Å². The fourth-order valence-corrected chi connectivity index (χ4v) is 0. The van der Waals surface area contributed by atoms with Gasteiger partial charge in [-0.25, -0.2) is 0 Å². The Bertz CT molecular complexity index is 61.4. The molecule has 0 bridgehead atoms. The molecule has 0 aliphatic heterocycles. The lowest BCUT2D eigenvalue weighted by Gasteiger charge is -2.38. The molecular formula is H3O2PS2. The first-order valence-electron chi connectivity index (χ1n) is 0.730. The van der Waals surface area contributed by atoms with Gasteiger partial charge in [0.05, 0.1) is 0 Å². The van der Waals surface area contributed by atoms with Crippen LogP contribution in [0.5, 0.6) is 0 Å². The van der Waals surface area contributed by atoms with Crippen LogP contribution in [0.3, 0.4) is 0 Å². The molecule has 0 unspecified atom stereocenters. The quantitative estimate of drug-likeness (QED) is 0.339. The Balaban J connectivity index is -0.0000000267. The van der Waals surface area contributed by atoms with Crippen LogP contribution in [0.25, 0.3) is 0 Å². The SMILES string of the molecule is O=P([O-])([S-])[S-].[H+].[H+].[H+]. The van der Waals surface area contributed by atoms with E-state index in [9.17, 15) is 9.46 Å². The van der Waals surface area contributed by atoms with Gasteiger partial charge < -0.3 is 34.0 Å². The maximum atomic E-state index is 9.29. The summed E-state index contributed by atoms with van der Waals surface area (Å²) in [5.74, 6) is -3.72. The van der Waals surface area contributed by atoms with Gasteiger partial charge in [-0.3, -0.25) is 5.77 Å². The Hall–Kier alpha value is 0.890. The third kappa shape index (κ3) is 51.6. The van der Waals surface area contributed by atoms with E-state index < -0.39 is 5.77 Å². The fourth-order valence-electron chi connectivity index (χ4n) is 0. The highest BCUT2D eigenvalue weighted by molar-refractivity contribution is 8.65. The van der Waals surface area contributed by atoms with E-state index in [1.165, 1.54) is 0 Å². The van der Waals surface area contributed by atoms with E-state index in [0.29, 0.717) is 0 Å². The Labute approximate surface area is 44.8 Å². The molecule has 0 aliphatic rings. The van der Waals surface area contributed by atoms with Gasteiger partial charge in [-0.2, -0.15) is 0 Å². The molecule has 5 heavy (non-hydrogen) atoms. The molecule has 0 aliphatic carbocycles. The zero-order valence-electron chi connectivity index (χ0n) is 5.08. The van der Waals surface area contributed by atoms with Gasteiger partial charge in [-0.05, 0) is 0 Å². The standard InChI is InChI=1S/H3O2PS2/c1-3(2,4)5/h(H3,1,2,4,5). The van der Waals surface area contributed by atoms with E-state index in [-0.39, 0.29) is 4.28 Å². The fraction of sp³-hybridized carbons (Fsp3) is 0.